The fourth-order valence-corrected chi connectivity index (χ4v) is 6.05. The molecule has 0 radical (unpaired) electrons. The zero-order valence-corrected chi connectivity index (χ0v) is 25.6. The summed E-state index contributed by atoms with van der Waals surface area (Å²) in [7, 11) is -0.992. The van der Waals surface area contributed by atoms with Gasteiger partial charge < -0.3 is 19.7 Å². The maximum absolute atomic E-state index is 13.9. The number of sulfonamides is 1. The van der Waals surface area contributed by atoms with Gasteiger partial charge in [-0.3, -0.25) is 13.9 Å². The summed E-state index contributed by atoms with van der Waals surface area (Å²) in [5.74, 6) is -0.0819. The van der Waals surface area contributed by atoms with Crippen LogP contribution in [0.25, 0.3) is 0 Å². The van der Waals surface area contributed by atoms with E-state index in [-0.39, 0.29) is 24.2 Å². The molecule has 1 atom stereocenters. The topological polar surface area (TPSA) is 105 Å². The fourth-order valence-electron chi connectivity index (χ4n) is 4.89. The van der Waals surface area contributed by atoms with E-state index in [9.17, 15) is 18.0 Å². The molecule has 3 rings (SSSR count). The van der Waals surface area contributed by atoms with Crippen molar-refractivity contribution < 1.29 is 27.5 Å². The molecule has 0 aliphatic heterocycles. The van der Waals surface area contributed by atoms with Crippen molar-refractivity contribution >= 4 is 50.7 Å². The fraction of sp³-hybridized carbons (Fsp3) is 0.500. The number of rotatable bonds is 12. The van der Waals surface area contributed by atoms with Gasteiger partial charge in [0.15, 0.2) is 11.5 Å². The Morgan fingerprint density at radius 2 is 1.68 bits per heavy atom. The molecule has 2 aromatic rings. The van der Waals surface area contributed by atoms with E-state index < -0.39 is 28.5 Å². The molecule has 0 aromatic heterocycles. The number of hydrogen-bond acceptors (Lipinski definition) is 6. The molecule has 2 amide bonds. The number of amides is 2. The quantitative estimate of drug-likeness (QED) is 0.360. The van der Waals surface area contributed by atoms with Crippen LogP contribution in [0.2, 0.25) is 10.0 Å². The van der Waals surface area contributed by atoms with Crippen LogP contribution in [0.4, 0.5) is 5.69 Å². The van der Waals surface area contributed by atoms with Gasteiger partial charge in [0.05, 0.1) is 36.2 Å². The SMILES string of the molecule is CCC(C(=O)NC1CCCCC1)N(Cc1ccc(Cl)c(Cl)c1)C(=O)CN(c1ccc(OC)c(OC)c1)S(C)(=O)=O. The lowest BCUT2D eigenvalue weighted by Crippen LogP contribution is -2.53. The molecule has 1 unspecified atom stereocenters. The average molecular weight is 615 g/mol. The Labute approximate surface area is 246 Å². The number of benzene rings is 2. The summed E-state index contributed by atoms with van der Waals surface area (Å²) in [5, 5.41) is 3.79. The number of carbonyl (C=O) groups excluding carboxylic acids is 2. The van der Waals surface area contributed by atoms with Crippen LogP contribution in [0.15, 0.2) is 36.4 Å². The number of anilines is 1. The molecule has 9 nitrogen and oxygen atoms in total. The van der Waals surface area contributed by atoms with E-state index in [1.807, 2.05) is 6.92 Å². The van der Waals surface area contributed by atoms with Crippen LogP contribution in [0.1, 0.15) is 51.0 Å². The molecule has 1 aliphatic carbocycles. The smallest absolute Gasteiger partial charge is 0.244 e. The molecule has 1 saturated carbocycles. The van der Waals surface area contributed by atoms with Crippen LogP contribution in [0.5, 0.6) is 11.5 Å². The molecule has 0 bridgehead atoms. The minimum absolute atomic E-state index is 0.0376. The molecule has 12 heteroatoms. The molecule has 0 spiro atoms. The van der Waals surface area contributed by atoms with E-state index in [0.717, 1.165) is 42.7 Å². The zero-order valence-electron chi connectivity index (χ0n) is 23.3. The summed E-state index contributed by atoms with van der Waals surface area (Å²) >= 11 is 12.3. The second-order valence-corrected chi connectivity index (χ2v) is 12.6. The van der Waals surface area contributed by atoms with Gasteiger partial charge in [-0.1, -0.05) is 55.5 Å². The lowest BCUT2D eigenvalue weighted by molar-refractivity contribution is -0.140. The van der Waals surface area contributed by atoms with Crippen LogP contribution < -0.4 is 19.1 Å². The van der Waals surface area contributed by atoms with Gasteiger partial charge in [-0.15, -0.1) is 0 Å². The number of halogens is 2. The lowest BCUT2D eigenvalue weighted by atomic mass is 9.95. The highest BCUT2D eigenvalue weighted by Crippen LogP contribution is 2.33. The average Bonchev–Trinajstić information content (AvgIpc) is 2.92. The Morgan fingerprint density at radius 1 is 1.00 bits per heavy atom. The molecular weight excluding hydrogens is 577 g/mol. The van der Waals surface area contributed by atoms with Gasteiger partial charge >= 0.3 is 0 Å². The van der Waals surface area contributed by atoms with E-state index in [2.05, 4.69) is 5.32 Å². The summed E-state index contributed by atoms with van der Waals surface area (Å²) in [6.07, 6.45) is 6.37. The van der Waals surface area contributed by atoms with Crippen LogP contribution >= 0.6 is 23.2 Å². The summed E-state index contributed by atoms with van der Waals surface area (Å²) in [6.45, 7) is 1.33. The van der Waals surface area contributed by atoms with Crippen molar-refractivity contribution in [3.63, 3.8) is 0 Å². The number of nitrogens with zero attached hydrogens (tertiary/aromatic N) is 2. The molecule has 220 valence electrons. The van der Waals surface area contributed by atoms with Crippen molar-refractivity contribution in [2.75, 3.05) is 31.3 Å². The van der Waals surface area contributed by atoms with Crippen LogP contribution in [0.3, 0.4) is 0 Å². The minimum Gasteiger partial charge on any atom is -0.493 e. The highest BCUT2D eigenvalue weighted by Gasteiger charge is 2.33. The minimum atomic E-state index is -3.90. The van der Waals surface area contributed by atoms with Crippen LogP contribution in [0, 0.1) is 0 Å². The highest BCUT2D eigenvalue weighted by atomic mass is 35.5. The van der Waals surface area contributed by atoms with Crippen LogP contribution in [-0.4, -0.2) is 64.2 Å². The molecule has 0 saturated heterocycles. The van der Waals surface area contributed by atoms with Crippen LogP contribution in [-0.2, 0) is 26.2 Å². The first kappa shape index (κ1) is 31.8. The number of nitrogens with one attached hydrogen (secondary N) is 1. The molecule has 1 fully saturated rings. The van der Waals surface area contributed by atoms with Gasteiger partial charge in [-0.05, 0) is 49.1 Å². The highest BCUT2D eigenvalue weighted by molar-refractivity contribution is 7.92. The second kappa shape index (κ2) is 14.3. The molecule has 0 heterocycles. The lowest BCUT2D eigenvalue weighted by Gasteiger charge is -2.34. The third kappa shape index (κ3) is 8.17. The molecule has 1 N–H and O–H groups in total. The predicted octanol–water partition coefficient (Wildman–Crippen LogP) is 5.03. The van der Waals surface area contributed by atoms with E-state index in [4.69, 9.17) is 32.7 Å². The van der Waals surface area contributed by atoms with Crippen molar-refractivity contribution in [1.29, 1.82) is 0 Å². The van der Waals surface area contributed by atoms with Gasteiger partial charge in [0.2, 0.25) is 21.8 Å². The van der Waals surface area contributed by atoms with Crippen molar-refractivity contribution in [3.8, 4) is 11.5 Å². The Morgan fingerprint density at radius 3 is 2.25 bits per heavy atom. The zero-order chi connectivity index (χ0) is 29.4. The largest absolute Gasteiger partial charge is 0.493 e. The van der Waals surface area contributed by atoms with E-state index in [0.29, 0.717) is 33.5 Å². The van der Waals surface area contributed by atoms with Crippen molar-refractivity contribution in [3.05, 3.63) is 52.0 Å². The first-order valence-electron chi connectivity index (χ1n) is 13.2. The Balaban J connectivity index is 1.96. The third-order valence-corrected chi connectivity index (χ3v) is 8.89. The van der Waals surface area contributed by atoms with E-state index in [1.54, 1.807) is 24.3 Å². The number of ether oxygens (including phenoxy) is 2. The summed E-state index contributed by atoms with van der Waals surface area (Å²) in [6, 6.07) is 8.80. The molecule has 1 aliphatic rings. The van der Waals surface area contributed by atoms with Crippen molar-refractivity contribution in [1.82, 2.24) is 10.2 Å². The second-order valence-electron chi connectivity index (χ2n) is 9.85. The molecular formula is C28H37Cl2N3O6S. The summed E-state index contributed by atoms with van der Waals surface area (Å²) in [5.41, 5.74) is 0.881. The van der Waals surface area contributed by atoms with Crippen molar-refractivity contribution in [2.45, 2.75) is 64.1 Å². The van der Waals surface area contributed by atoms with Gasteiger partial charge in [0.1, 0.15) is 12.6 Å². The van der Waals surface area contributed by atoms with E-state index in [1.165, 1.54) is 31.3 Å². The summed E-state index contributed by atoms with van der Waals surface area (Å²) in [4.78, 5) is 28.8. The number of hydrogen-bond donors (Lipinski definition) is 1. The standard InChI is InChI=1S/C28H37Cl2N3O6S/c1-5-24(28(35)31-20-9-7-6-8-10-20)32(17-19-11-13-22(29)23(30)15-19)27(34)18-33(40(4,36)37)21-12-14-25(38-2)26(16-21)39-3/h11-16,20,24H,5-10,17-18H2,1-4H3,(H,31,35). The van der Waals surface area contributed by atoms with Crippen molar-refractivity contribution in [2.24, 2.45) is 0 Å². The Bertz CT molecular complexity index is 1300. The number of carbonyl (C=O) groups is 2. The maximum Gasteiger partial charge on any atom is 0.244 e. The monoisotopic (exact) mass is 613 g/mol. The van der Waals surface area contributed by atoms with Gasteiger partial charge in [-0.25, -0.2) is 8.42 Å². The maximum atomic E-state index is 13.9. The normalized spacial score (nSPS) is 14.8. The number of methoxy groups -OCH3 is 2. The van der Waals surface area contributed by atoms with Gasteiger partial charge in [0.25, 0.3) is 0 Å². The van der Waals surface area contributed by atoms with E-state index >= 15 is 0 Å². The first-order chi connectivity index (χ1) is 19.0. The molecule has 2 aromatic carbocycles. The molecule has 40 heavy (non-hydrogen) atoms. The van der Waals surface area contributed by atoms with Gasteiger partial charge in [0, 0.05) is 18.7 Å². The van der Waals surface area contributed by atoms with Gasteiger partial charge in [-0.2, -0.15) is 0 Å². The Hall–Kier alpha value is -2.69. The summed E-state index contributed by atoms with van der Waals surface area (Å²) < 4.78 is 37.4. The third-order valence-electron chi connectivity index (χ3n) is 7.01. The predicted molar refractivity (Wildman–Crippen MR) is 158 cm³/mol. The Kier molecular flexibility index (Phi) is 11.4. The first-order valence-corrected chi connectivity index (χ1v) is 15.8.